The van der Waals surface area contributed by atoms with Crippen LogP contribution >= 0.6 is 0 Å². The Kier molecular flexibility index (Phi) is 4.42. The lowest BCUT2D eigenvalue weighted by molar-refractivity contribution is 0.311. The highest BCUT2D eigenvalue weighted by Gasteiger charge is 2.26. The molecule has 0 bridgehead atoms. The zero-order chi connectivity index (χ0) is 17.4. The third-order valence-corrected chi connectivity index (χ3v) is 5.40. The summed E-state index contributed by atoms with van der Waals surface area (Å²) >= 11 is 0. The van der Waals surface area contributed by atoms with Crippen LogP contribution in [-0.2, 0) is 12.8 Å². The van der Waals surface area contributed by atoms with Crippen LogP contribution < -0.4 is 4.90 Å². The van der Waals surface area contributed by atoms with Gasteiger partial charge in [-0.3, -0.25) is 0 Å². The lowest BCUT2D eigenvalue weighted by Crippen LogP contribution is -2.45. The van der Waals surface area contributed by atoms with Crippen molar-refractivity contribution < 1.29 is 4.39 Å². The van der Waals surface area contributed by atoms with Gasteiger partial charge in [-0.05, 0) is 56.5 Å². The first-order chi connectivity index (χ1) is 12.1. The molecule has 0 N–H and O–H groups in total. The van der Waals surface area contributed by atoms with Crippen LogP contribution in [0, 0.1) is 11.7 Å². The number of hydrogen-bond donors (Lipinski definition) is 0. The van der Waals surface area contributed by atoms with E-state index < -0.39 is 0 Å². The molecule has 132 valence electrons. The number of benzene rings is 1. The van der Waals surface area contributed by atoms with Crippen molar-refractivity contribution in [2.45, 2.75) is 26.2 Å². The number of fused-ring (bicyclic) bond motifs is 1. The smallest absolute Gasteiger partial charge is 0.161 e. The van der Waals surface area contributed by atoms with Crippen molar-refractivity contribution in [2.24, 2.45) is 5.92 Å². The molecule has 0 amide bonds. The SMILES string of the molecule is CC1CCc2nc(-c3ccc(F)cc3)nc(N3CCN(C)CC3)c2C1. The maximum atomic E-state index is 13.3. The second kappa shape index (κ2) is 6.71. The van der Waals surface area contributed by atoms with E-state index in [0.29, 0.717) is 5.92 Å². The predicted molar refractivity (Wildman–Crippen MR) is 98.3 cm³/mol. The molecule has 0 radical (unpaired) electrons. The molecule has 2 aromatic rings. The van der Waals surface area contributed by atoms with Gasteiger partial charge >= 0.3 is 0 Å². The minimum Gasteiger partial charge on any atom is -0.354 e. The van der Waals surface area contributed by atoms with Crippen LogP contribution in [-0.4, -0.2) is 48.1 Å². The first-order valence-electron chi connectivity index (χ1n) is 9.19. The lowest BCUT2D eigenvalue weighted by atomic mass is 9.87. The van der Waals surface area contributed by atoms with Gasteiger partial charge in [0, 0.05) is 43.0 Å². The van der Waals surface area contributed by atoms with Gasteiger partial charge in [-0.2, -0.15) is 0 Å². The first kappa shape index (κ1) is 16.5. The highest BCUT2D eigenvalue weighted by molar-refractivity contribution is 5.61. The Morgan fingerprint density at radius 1 is 1.04 bits per heavy atom. The topological polar surface area (TPSA) is 32.3 Å². The van der Waals surface area contributed by atoms with Crippen molar-refractivity contribution in [3.63, 3.8) is 0 Å². The Hall–Kier alpha value is -2.01. The molecule has 4 nitrogen and oxygen atoms in total. The van der Waals surface area contributed by atoms with Gasteiger partial charge in [-0.15, -0.1) is 0 Å². The summed E-state index contributed by atoms with van der Waals surface area (Å²) in [6.45, 7) is 6.42. The van der Waals surface area contributed by atoms with E-state index >= 15 is 0 Å². The average molecular weight is 340 g/mol. The number of hydrogen-bond acceptors (Lipinski definition) is 4. The molecule has 1 unspecified atom stereocenters. The van der Waals surface area contributed by atoms with Crippen LogP contribution in [0.4, 0.5) is 10.2 Å². The summed E-state index contributed by atoms with van der Waals surface area (Å²) in [6, 6.07) is 6.51. The normalized spacial score (nSPS) is 21.2. The molecule has 0 saturated carbocycles. The molecule has 1 saturated heterocycles. The van der Waals surface area contributed by atoms with E-state index in [1.165, 1.54) is 29.8 Å². The molecule has 5 heteroatoms. The van der Waals surface area contributed by atoms with E-state index in [-0.39, 0.29) is 5.82 Å². The molecule has 1 aliphatic carbocycles. The van der Waals surface area contributed by atoms with Crippen molar-refractivity contribution in [2.75, 3.05) is 38.1 Å². The summed E-state index contributed by atoms with van der Waals surface area (Å²) in [4.78, 5) is 14.6. The summed E-state index contributed by atoms with van der Waals surface area (Å²) in [6.07, 6.45) is 3.24. The molecule has 1 aromatic heterocycles. The maximum Gasteiger partial charge on any atom is 0.161 e. The van der Waals surface area contributed by atoms with Gasteiger partial charge in [0.1, 0.15) is 11.6 Å². The Bertz CT molecular complexity index is 751. The molecular formula is C20H25FN4. The fourth-order valence-corrected chi connectivity index (χ4v) is 3.77. The molecule has 1 fully saturated rings. The van der Waals surface area contributed by atoms with Gasteiger partial charge < -0.3 is 9.80 Å². The van der Waals surface area contributed by atoms with Gasteiger partial charge in [0.15, 0.2) is 5.82 Å². The summed E-state index contributed by atoms with van der Waals surface area (Å²) in [5, 5.41) is 0. The lowest BCUT2D eigenvalue weighted by Gasteiger charge is -2.36. The number of nitrogens with zero attached hydrogens (tertiary/aromatic N) is 4. The minimum absolute atomic E-state index is 0.227. The van der Waals surface area contributed by atoms with Crippen LogP contribution in [0.15, 0.2) is 24.3 Å². The van der Waals surface area contributed by atoms with E-state index in [1.54, 1.807) is 12.1 Å². The van der Waals surface area contributed by atoms with Crippen molar-refractivity contribution in [3.05, 3.63) is 41.3 Å². The Balaban J connectivity index is 1.77. The summed E-state index contributed by atoms with van der Waals surface area (Å²) in [5.41, 5.74) is 3.40. The summed E-state index contributed by atoms with van der Waals surface area (Å²) in [5.74, 6) is 2.28. The van der Waals surface area contributed by atoms with E-state index in [2.05, 4.69) is 23.8 Å². The number of halogens is 1. The molecule has 2 heterocycles. The second-order valence-corrected chi connectivity index (χ2v) is 7.44. The third kappa shape index (κ3) is 3.38. The van der Waals surface area contributed by atoms with E-state index in [4.69, 9.17) is 9.97 Å². The summed E-state index contributed by atoms with van der Waals surface area (Å²) in [7, 11) is 2.17. The van der Waals surface area contributed by atoms with Crippen molar-refractivity contribution in [3.8, 4) is 11.4 Å². The number of anilines is 1. The van der Waals surface area contributed by atoms with Crippen LogP contribution in [0.5, 0.6) is 0 Å². The van der Waals surface area contributed by atoms with E-state index in [0.717, 1.165) is 56.2 Å². The molecule has 1 aromatic carbocycles. The Labute approximate surface area is 148 Å². The van der Waals surface area contributed by atoms with Crippen LogP contribution in [0.3, 0.4) is 0 Å². The molecule has 0 spiro atoms. The highest BCUT2D eigenvalue weighted by atomic mass is 19.1. The van der Waals surface area contributed by atoms with Gasteiger partial charge in [0.25, 0.3) is 0 Å². The van der Waals surface area contributed by atoms with Crippen molar-refractivity contribution in [1.29, 1.82) is 0 Å². The van der Waals surface area contributed by atoms with Gasteiger partial charge in [-0.25, -0.2) is 14.4 Å². The zero-order valence-corrected chi connectivity index (χ0v) is 15.0. The monoisotopic (exact) mass is 340 g/mol. The number of piperazine rings is 1. The molecule has 25 heavy (non-hydrogen) atoms. The third-order valence-electron chi connectivity index (χ3n) is 5.40. The zero-order valence-electron chi connectivity index (χ0n) is 15.0. The fourth-order valence-electron chi connectivity index (χ4n) is 3.77. The largest absolute Gasteiger partial charge is 0.354 e. The average Bonchev–Trinajstić information content (AvgIpc) is 2.62. The predicted octanol–water partition coefficient (Wildman–Crippen LogP) is 3.16. The van der Waals surface area contributed by atoms with Crippen LogP contribution in [0.25, 0.3) is 11.4 Å². The van der Waals surface area contributed by atoms with Crippen LogP contribution in [0.2, 0.25) is 0 Å². The number of rotatable bonds is 2. The van der Waals surface area contributed by atoms with Crippen molar-refractivity contribution >= 4 is 5.82 Å². The molecular weight excluding hydrogens is 315 g/mol. The molecule has 1 atom stereocenters. The minimum atomic E-state index is -0.227. The molecule has 1 aliphatic heterocycles. The van der Waals surface area contributed by atoms with Crippen LogP contribution in [0.1, 0.15) is 24.6 Å². The Morgan fingerprint density at radius 3 is 2.48 bits per heavy atom. The van der Waals surface area contributed by atoms with Gasteiger partial charge in [0.2, 0.25) is 0 Å². The molecule has 2 aliphatic rings. The van der Waals surface area contributed by atoms with Crippen molar-refractivity contribution in [1.82, 2.24) is 14.9 Å². The first-order valence-corrected chi connectivity index (χ1v) is 9.19. The number of aromatic nitrogens is 2. The van der Waals surface area contributed by atoms with E-state index in [1.807, 2.05) is 0 Å². The maximum absolute atomic E-state index is 13.3. The molecule has 4 rings (SSSR count). The summed E-state index contributed by atoms with van der Waals surface area (Å²) < 4.78 is 13.3. The fraction of sp³-hybridized carbons (Fsp3) is 0.500. The number of likely N-dealkylation sites (N-methyl/N-ethyl adjacent to an activating group) is 1. The number of aryl methyl sites for hydroxylation is 1. The van der Waals surface area contributed by atoms with E-state index in [9.17, 15) is 4.39 Å². The second-order valence-electron chi connectivity index (χ2n) is 7.44. The van der Waals surface area contributed by atoms with Gasteiger partial charge in [-0.1, -0.05) is 6.92 Å². The van der Waals surface area contributed by atoms with Gasteiger partial charge in [0.05, 0.1) is 0 Å². The quantitative estimate of drug-likeness (QED) is 0.841. The highest BCUT2D eigenvalue weighted by Crippen LogP contribution is 2.33. The Morgan fingerprint density at radius 2 is 1.76 bits per heavy atom. The standard InChI is InChI=1S/C20H25FN4/c1-14-3-8-18-17(13-14)20(25-11-9-24(2)10-12-25)23-19(22-18)15-4-6-16(21)7-5-15/h4-7,14H,3,8-13H2,1-2H3.